The largest absolute Gasteiger partial charge is 0.433 e. The number of hydrogen-bond acceptors (Lipinski definition) is 4. The number of hydrogen-bond donors (Lipinski definition) is 0. The molecule has 0 aromatic carbocycles. The maximum atomic E-state index is 14.4. The van der Waals surface area contributed by atoms with Crippen LogP contribution in [0.4, 0.5) is 30.7 Å². The lowest BCUT2D eigenvalue weighted by Crippen LogP contribution is -2.56. The molecule has 0 radical (unpaired) electrons. The predicted octanol–water partition coefficient (Wildman–Crippen LogP) is 5.27. The molecule has 2 aromatic heterocycles. The first kappa shape index (κ1) is 24.7. The van der Waals surface area contributed by atoms with E-state index in [0.29, 0.717) is 16.3 Å². The van der Waals surface area contributed by atoms with Crippen LogP contribution in [0.3, 0.4) is 0 Å². The minimum atomic E-state index is -6.37. The van der Waals surface area contributed by atoms with Gasteiger partial charge in [0.25, 0.3) is 0 Å². The molecule has 3 rings (SSSR count). The zero-order valence-corrected chi connectivity index (χ0v) is 18.2. The summed E-state index contributed by atoms with van der Waals surface area (Å²) in [6.07, 6.45) is -9.16. The predicted molar refractivity (Wildman–Crippen MR) is 101 cm³/mol. The molecule has 0 amide bonds. The minimum Gasteiger partial charge on any atom is -0.328 e. The zero-order chi connectivity index (χ0) is 24.3. The number of nitrogens with zero attached hydrogens (tertiary/aromatic N) is 3. The summed E-state index contributed by atoms with van der Waals surface area (Å²) in [5.74, 6) is -0.579. The van der Waals surface area contributed by atoms with Crippen LogP contribution in [0, 0.1) is 0 Å². The van der Waals surface area contributed by atoms with Crippen LogP contribution in [0.2, 0.25) is 0 Å². The second-order valence-electron chi connectivity index (χ2n) is 7.43. The van der Waals surface area contributed by atoms with Gasteiger partial charge in [-0.3, -0.25) is 4.98 Å². The van der Waals surface area contributed by atoms with Gasteiger partial charge in [0.2, 0.25) is 0 Å². The Bertz CT molecular complexity index is 1110. The molecule has 1 saturated carbocycles. The van der Waals surface area contributed by atoms with E-state index in [1.165, 1.54) is 19.2 Å². The van der Waals surface area contributed by atoms with Gasteiger partial charge in [-0.05, 0) is 30.4 Å². The molecule has 1 fully saturated rings. The van der Waals surface area contributed by atoms with Crippen LogP contribution in [-0.4, -0.2) is 46.7 Å². The standard InChI is InChI=1S/C18H17ClF7N3O2S/c1-3-32(30,31)12-6-10(9-4-5-9)7-27-13(12)15-28-8-11(29(15)2)14(19)16(20,17(21,22)23)18(24,25)26/h6-9,14H,3-5H2,1-2H3/t14-/m0/s1. The lowest BCUT2D eigenvalue weighted by molar-refractivity contribution is -0.342. The Balaban J connectivity index is 2.16. The molecule has 1 aliphatic carbocycles. The van der Waals surface area contributed by atoms with Gasteiger partial charge in [0.05, 0.1) is 22.5 Å². The summed E-state index contributed by atoms with van der Waals surface area (Å²) >= 11 is 5.41. The molecule has 0 bridgehead atoms. The number of rotatable bonds is 6. The van der Waals surface area contributed by atoms with E-state index in [1.54, 1.807) is 0 Å². The molecule has 0 N–H and O–H groups in total. The summed E-state index contributed by atoms with van der Waals surface area (Å²) < 4.78 is 119. The maximum absolute atomic E-state index is 14.4. The summed E-state index contributed by atoms with van der Waals surface area (Å²) in [5.41, 5.74) is -6.36. The third-order valence-corrected chi connectivity index (χ3v) is 7.57. The first-order chi connectivity index (χ1) is 14.6. The fourth-order valence-electron chi connectivity index (χ4n) is 3.19. The molecule has 2 aromatic rings. The van der Waals surface area contributed by atoms with Crippen molar-refractivity contribution in [2.75, 3.05) is 5.75 Å². The molecule has 5 nitrogen and oxygen atoms in total. The van der Waals surface area contributed by atoms with E-state index in [9.17, 15) is 39.2 Å². The highest BCUT2D eigenvalue weighted by Gasteiger charge is 2.76. The fraction of sp³-hybridized carbons (Fsp3) is 0.556. The molecular formula is C18H17ClF7N3O2S. The van der Waals surface area contributed by atoms with Crippen molar-refractivity contribution in [3.63, 3.8) is 0 Å². The normalized spacial score (nSPS) is 16.9. The van der Waals surface area contributed by atoms with Gasteiger partial charge in [-0.1, -0.05) is 6.92 Å². The van der Waals surface area contributed by atoms with Gasteiger partial charge < -0.3 is 4.57 Å². The molecule has 0 unspecified atom stereocenters. The molecule has 0 aliphatic heterocycles. The average Bonchev–Trinajstić information content (AvgIpc) is 3.47. The van der Waals surface area contributed by atoms with Gasteiger partial charge in [-0.15, -0.1) is 11.6 Å². The van der Waals surface area contributed by atoms with E-state index in [0.717, 1.165) is 19.9 Å². The van der Waals surface area contributed by atoms with Crippen LogP contribution in [0.15, 0.2) is 23.4 Å². The third kappa shape index (κ3) is 3.97. The Morgan fingerprint density at radius 3 is 2.12 bits per heavy atom. The topological polar surface area (TPSA) is 64.8 Å². The van der Waals surface area contributed by atoms with E-state index in [1.807, 2.05) is 0 Å². The summed E-state index contributed by atoms with van der Waals surface area (Å²) in [4.78, 5) is 7.54. The van der Waals surface area contributed by atoms with Crippen molar-refractivity contribution in [1.29, 1.82) is 0 Å². The number of aromatic nitrogens is 3. The molecule has 32 heavy (non-hydrogen) atoms. The number of alkyl halides is 8. The van der Waals surface area contributed by atoms with E-state index < -0.39 is 38.9 Å². The molecule has 2 heterocycles. The van der Waals surface area contributed by atoms with E-state index in [4.69, 9.17) is 11.6 Å². The SMILES string of the molecule is CCS(=O)(=O)c1cc(C2CC2)cnc1-c1ncc([C@H](Cl)C(F)(C(F)(F)F)C(F)(F)F)n1C. The minimum absolute atomic E-state index is 0.122. The maximum Gasteiger partial charge on any atom is 0.433 e. The van der Waals surface area contributed by atoms with Crippen LogP contribution >= 0.6 is 11.6 Å². The highest BCUT2D eigenvalue weighted by atomic mass is 35.5. The Morgan fingerprint density at radius 1 is 1.09 bits per heavy atom. The van der Waals surface area contributed by atoms with Crippen molar-refractivity contribution in [2.24, 2.45) is 7.05 Å². The zero-order valence-electron chi connectivity index (χ0n) is 16.6. The smallest absolute Gasteiger partial charge is 0.328 e. The first-order valence-corrected chi connectivity index (χ1v) is 11.4. The summed E-state index contributed by atoms with van der Waals surface area (Å²) in [6, 6.07) is 1.37. The number of sulfone groups is 1. The van der Waals surface area contributed by atoms with Gasteiger partial charge in [0.1, 0.15) is 11.1 Å². The highest BCUT2D eigenvalue weighted by molar-refractivity contribution is 7.91. The van der Waals surface area contributed by atoms with Gasteiger partial charge in [0.15, 0.2) is 15.7 Å². The first-order valence-electron chi connectivity index (χ1n) is 9.27. The fourth-order valence-corrected chi connectivity index (χ4v) is 4.71. The molecule has 0 saturated heterocycles. The van der Waals surface area contributed by atoms with E-state index in [-0.39, 0.29) is 28.1 Å². The highest BCUT2D eigenvalue weighted by Crippen LogP contribution is 2.55. The molecule has 1 aliphatic rings. The Morgan fingerprint density at radius 2 is 1.66 bits per heavy atom. The van der Waals surface area contributed by atoms with Crippen molar-refractivity contribution in [2.45, 2.75) is 54.0 Å². The van der Waals surface area contributed by atoms with Crippen LogP contribution in [0.1, 0.15) is 42.3 Å². The number of pyridine rings is 1. The Hall–Kier alpha value is -1.89. The Labute approximate surface area is 183 Å². The van der Waals surface area contributed by atoms with Crippen LogP contribution in [0.5, 0.6) is 0 Å². The second-order valence-corrected chi connectivity index (χ2v) is 10.1. The van der Waals surface area contributed by atoms with Gasteiger partial charge >= 0.3 is 18.0 Å². The number of imidazole rings is 1. The summed E-state index contributed by atoms with van der Waals surface area (Å²) in [7, 11) is -2.89. The van der Waals surface area contributed by atoms with E-state index in [2.05, 4.69) is 9.97 Å². The van der Waals surface area contributed by atoms with Crippen LogP contribution in [-0.2, 0) is 16.9 Å². The molecular weight excluding hydrogens is 491 g/mol. The molecule has 1 atom stereocenters. The summed E-state index contributed by atoms with van der Waals surface area (Å²) in [5, 5.41) is -3.24. The van der Waals surface area contributed by atoms with Crippen molar-refractivity contribution in [1.82, 2.24) is 14.5 Å². The number of halogens is 8. The monoisotopic (exact) mass is 507 g/mol. The summed E-state index contributed by atoms with van der Waals surface area (Å²) in [6.45, 7) is 1.37. The average molecular weight is 508 g/mol. The van der Waals surface area contributed by atoms with Gasteiger partial charge in [0, 0.05) is 13.2 Å². The van der Waals surface area contributed by atoms with Crippen molar-refractivity contribution in [3.05, 3.63) is 29.7 Å². The quantitative estimate of drug-likeness (QED) is 0.395. The Kier molecular flexibility index (Phi) is 6.08. The van der Waals surface area contributed by atoms with Crippen molar-refractivity contribution < 1.29 is 39.2 Å². The third-order valence-electron chi connectivity index (χ3n) is 5.31. The molecule has 14 heteroatoms. The van der Waals surface area contributed by atoms with Gasteiger partial charge in [-0.2, -0.15) is 26.3 Å². The van der Waals surface area contributed by atoms with Crippen molar-refractivity contribution in [3.8, 4) is 11.5 Å². The van der Waals surface area contributed by atoms with Crippen LogP contribution in [0.25, 0.3) is 11.5 Å². The second kappa shape index (κ2) is 7.86. The lowest BCUT2D eigenvalue weighted by Gasteiger charge is -2.33. The molecule has 178 valence electrons. The van der Waals surface area contributed by atoms with Gasteiger partial charge in [-0.25, -0.2) is 17.8 Å². The molecule has 0 spiro atoms. The van der Waals surface area contributed by atoms with Crippen molar-refractivity contribution >= 4 is 21.4 Å². The van der Waals surface area contributed by atoms with Crippen LogP contribution < -0.4 is 0 Å². The lowest BCUT2D eigenvalue weighted by atomic mass is 9.97. The van der Waals surface area contributed by atoms with E-state index >= 15 is 0 Å².